The van der Waals surface area contributed by atoms with Crippen molar-refractivity contribution in [2.24, 2.45) is 0 Å². The van der Waals surface area contributed by atoms with Crippen LogP contribution in [0.5, 0.6) is 0 Å². The number of nitrogens with zero attached hydrogens (tertiary/aromatic N) is 2. The van der Waals surface area contributed by atoms with E-state index < -0.39 is 56.9 Å². The zero-order valence-electron chi connectivity index (χ0n) is 22.3. The summed E-state index contributed by atoms with van der Waals surface area (Å²) in [5.41, 5.74) is -1.03. The lowest BCUT2D eigenvalue weighted by atomic mass is 10.1. The molecule has 0 saturated carbocycles. The highest BCUT2D eigenvalue weighted by atomic mass is 79.9. The van der Waals surface area contributed by atoms with Gasteiger partial charge in [0.1, 0.15) is 12.6 Å². The average Bonchev–Trinajstić information content (AvgIpc) is 2.89. The van der Waals surface area contributed by atoms with Crippen molar-refractivity contribution in [3.05, 3.63) is 93.4 Å². The number of hydrogen-bond donors (Lipinski definition) is 1. The maximum atomic E-state index is 13.9. The van der Waals surface area contributed by atoms with Crippen molar-refractivity contribution < 1.29 is 31.2 Å². The fraction of sp³-hybridized carbons (Fsp3) is 0.286. The number of carbonyl (C=O) groups excluding carboxylic acids is 2. The molecular formula is C28H28BrClF3N3O4S. The van der Waals surface area contributed by atoms with E-state index in [1.165, 1.54) is 36.1 Å². The van der Waals surface area contributed by atoms with Gasteiger partial charge in [-0.2, -0.15) is 13.2 Å². The van der Waals surface area contributed by atoms with E-state index in [1.54, 1.807) is 44.2 Å². The van der Waals surface area contributed by atoms with E-state index in [0.29, 0.717) is 15.9 Å². The second-order valence-electron chi connectivity index (χ2n) is 9.48. The Hall–Kier alpha value is -3.09. The number of hydrogen-bond acceptors (Lipinski definition) is 4. The number of anilines is 1. The van der Waals surface area contributed by atoms with Crippen LogP contribution >= 0.6 is 27.5 Å². The van der Waals surface area contributed by atoms with E-state index in [4.69, 9.17) is 11.6 Å². The summed E-state index contributed by atoms with van der Waals surface area (Å²) in [4.78, 5) is 27.7. The number of benzene rings is 3. The Labute approximate surface area is 250 Å². The van der Waals surface area contributed by atoms with E-state index in [-0.39, 0.29) is 17.5 Å². The molecule has 220 valence electrons. The number of sulfonamides is 1. The van der Waals surface area contributed by atoms with E-state index in [2.05, 4.69) is 21.2 Å². The van der Waals surface area contributed by atoms with Crippen molar-refractivity contribution in [2.45, 2.75) is 50.5 Å². The fourth-order valence-corrected chi connectivity index (χ4v) is 6.05. The highest BCUT2D eigenvalue weighted by Gasteiger charge is 2.37. The summed E-state index contributed by atoms with van der Waals surface area (Å²) in [6, 6.07) is 15.3. The monoisotopic (exact) mass is 673 g/mol. The minimum Gasteiger partial charge on any atom is -0.352 e. The first-order valence-corrected chi connectivity index (χ1v) is 15.0. The molecule has 3 aromatic carbocycles. The van der Waals surface area contributed by atoms with Crippen LogP contribution in [0, 0.1) is 0 Å². The maximum Gasteiger partial charge on any atom is 0.417 e. The zero-order chi connectivity index (χ0) is 30.5. The number of amides is 2. The average molecular weight is 675 g/mol. The van der Waals surface area contributed by atoms with Gasteiger partial charge in [0, 0.05) is 17.1 Å². The molecule has 0 aliphatic rings. The highest BCUT2D eigenvalue weighted by molar-refractivity contribution is 9.10. The Morgan fingerprint density at radius 1 is 0.976 bits per heavy atom. The minimum atomic E-state index is -4.88. The van der Waals surface area contributed by atoms with Gasteiger partial charge in [0.25, 0.3) is 10.0 Å². The second-order valence-corrected chi connectivity index (χ2v) is 12.7. The number of alkyl halides is 3. The summed E-state index contributed by atoms with van der Waals surface area (Å²) in [7, 11) is -4.53. The second kappa shape index (κ2) is 13.3. The van der Waals surface area contributed by atoms with Crippen LogP contribution in [-0.4, -0.2) is 43.8 Å². The van der Waals surface area contributed by atoms with Gasteiger partial charge in [-0.3, -0.25) is 13.9 Å². The summed E-state index contributed by atoms with van der Waals surface area (Å²) in [5.74, 6) is -1.29. The Balaban J connectivity index is 2.11. The highest BCUT2D eigenvalue weighted by Crippen LogP contribution is 2.38. The van der Waals surface area contributed by atoms with E-state index in [1.807, 2.05) is 0 Å². The summed E-state index contributed by atoms with van der Waals surface area (Å²) >= 11 is 9.15. The number of halogens is 5. The molecule has 0 heterocycles. The van der Waals surface area contributed by atoms with Crippen LogP contribution in [0.1, 0.15) is 31.9 Å². The lowest BCUT2D eigenvalue weighted by Gasteiger charge is -2.32. The Bertz CT molecular complexity index is 1500. The number of rotatable bonds is 10. The molecule has 0 spiro atoms. The third-order valence-corrected chi connectivity index (χ3v) is 8.60. The van der Waals surface area contributed by atoms with Crippen molar-refractivity contribution in [2.75, 3.05) is 10.8 Å². The van der Waals surface area contributed by atoms with E-state index in [0.717, 1.165) is 16.6 Å². The van der Waals surface area contributed by atoms with Crippen LogP contribution in [-0.2, 0) is 32.3 Å². The molecule has 0 aliphatic heterocycles. The number of nitrogens with one attached hydrogen (secondary N) is 1. The van der Waals surface area contributed by atoms with Gasteiger partial charge in [-0.05, 0) is 68.8 Å². The molecule has 1 N–H and O–H groups in total. The lowest BCUT2D eigenvalue weighted by molar-refractivity contribution is -0.139. The van der Waals surface area contributed by atoms with Gasteiger partial charge in [-0.1, -0.05) is 57.9 Å². The molecule has 2 amide bonds. The molecule has 1 atom stereocenters. The molecule has 3 aromatic rings. The molecule has 0 bridgehead atoms. The van der Waals surface area contributed by atoms with Crippen molar-refractivity contribution in [1.29, 1.82) is 0 Å². The van der Waals surface area contributed by atoms with E-state index in [9.17, 15) is 31.2 Å². The molecule has 0 saturated heterocycles. The van der Waals surface area contributed by atoms with Gasteiger partial charge in [0.15, 0.2) is 0 Å². The standard InChI is InChI=1S/C28H28BrClF3N3O4S/c1-18(2)34-27(38)19(3)35(16-20-8-7-9-21(29)14-20)26(37)17-36(41(39,40)23-10-5-4-6-11-23)22-12-13-25(30)24(15-22)28(31,32)33/h4-15,18-19H,16-17H2,1-3H3,(H,34,38). The summed E-state index contributed by atoms with van der Waals surface area (Å²) in [6.07, 6.45) is -4.88. The SMILES string of the molecule is CC(C)NC(=O)C(C)N(Cc1cccc(Br)c1)C(=O)CN(c1ccc(Cl)c(C(F)(F)F)c1)S(=O)(=O)c1ccccc1. The van der Waals surface area contributed by atoms with Crippen LogP contribution in [0.4, 0.5) is 18.9 Å². The molecule has 0 aromatic heterocycles. The van der Waals surface area contributed by atoms with Crippen LogP contribution in [0.25, 0.3) is 0 Å². The van der Waals surface area contributed by atoms with Crippen molar-refractivity contribution in [1.82, 2.24) is 10.2 Å². The largest absolute Gasteiger partial charge is 0.417 e. The van der Waals surface area contributed by atoms with E-state index >= 15 is 0 Å². The molecule has 3 rings (SSSR count). The molecule has 7 nitrogen and oxygen atoms in total. The van der Waals surface area contributed by atoms with Crippen LogP contribution in [0.3, 0.4) is 0 Å². The van der Waals surface area contributed by atoms with Crippen LogP contribution in [0.15, 0.2) is 82.2 Å². The van der Waals surface area contributed by atoms with Gasteiger partial charge in [0.05, 0.1) is 21.2 Å². The van der Waals surface area contributed by atoms with Crippen molar-refractivity contribution >= 4 is 55.1 Å². The van der Waals surface area contributed by atoms with Crippen molar-refractivity contribution in [3.63, 3.8) is 0 Å². The van der Waals surface area contributed by atoms with Crippen LogP contribution in [0.2, 0.25) is 5.02 Å². The third kappa shape index (κ3) is 8.23. The van der Waals surface area contributed by atoms with Gasteiger partial charge in [-0.25, -0.2) is 8.42 Å². The molecule has 41 heavy (non-hydrogen) atoms. The topological polar surface area (TPSA) is 86.8 Å². The third-order valence-electron chi connectivity index (χ3n) is 5.99. The Morgan fingerprint density at radius 3 is 2.22 bits per heavy atom. The molecule has 13 heteroatoms. The van der Waals surface area contributed by atoms with Gasteiger partial charge >= 0.3 is 6.18 Å². The smallest absolute Gasteiger partial charge is 0.352 e. The van der Waals surface area contributed by atoms with Crippen LogP contribution < -0.4 is 9.62 Å². The first-order valence-electron chi connectivity index (χ1n) is 12.4. The predicted octanol–water partition coefficient (Wildman–Crippen LogP) is 6.26. The molecular weight excluding hydrogens is 647 g/mol. The lowest BCUT2D eigenvalue weighted by Crippen LogP contribution is -2.52. The Kier molecular flexibility index (Phi) is 10.5. The van der Waals surface area contributed by atoms with Gasteiger partial charge in [0.2, 0.25) is 11.8 Å². The Morgan fingerprint density at radius 2 is 1.63 bits per heavy atom. The van der Waals surface area contributed by atoms with Gasteiger partial charge in [-0.15, -0.1) is 0 Å². The first-order chi connectivity index (χ1) is 19.1. The van der Waals surface area contributed by atoms with Gasteiger partial charge < -0.3 is 10.2 Å². The fourth-order valence-electron chi connectivity index (χ4n) is 3.95. The molecule has 0 fully saturated rings. The summed E-state index contributed by atoms with van der Waals surface area (Å²) in [6.45, 7) is 4.03. The number of carbonyl (C=O) groups is 2. The minimum absolute atomic E-state index is 0.0708. The normalized spacial score (nSPS) is 12.6. The maximum absolute atomic E-state index is 13.9. The summed E-state index contributed by atoms with van der Waals surface area (Å²) < 4.78 is 69.9. The predicted molar refractivity (Wildman–Crippen MR) is 155 cm³/mol. The summed E-state index contributed by atoms with van der Waals surface area (Å²) in [5, 5.41) is 2.11. The quantitative estimate of drug-likeness (QED) is 0.275. The first kappa shape index (κ1) is 32.4. The molecule has 0 radical (unpaired) electrons. The molecule has 0 aliphatic carbocycles. The molecule has 1 unspecified atom stereocenters. The zero-order valence-corrected chi connectivity index (χ0v) is 25.5. The van der Waals surface area contributed by atoms with Crippen molar-refractivity contribution in [3.8, 4) is 0 Å².